The number of hydrogen-bond donors (Lipinski definition) is 4. The van der Waals surface area contributed by atoms with Crippen molar-refractivity contribution in [3.8, 4) is 17.1 Å². The van der Waals surface area contributed by atoms with E-state index in [1.807, 2.05) is 0 Å². The van der Waals surface area contributed by atoms with Crippen LogP contribution in [-0.4, -0.2) is 41.7 Å². The number of aliphatic hydroxyl groups is 1. The van der Waals surface area contributed by atoms with Gasteiger partial charge in [-0.15, -0.1) is 0 Å². The summed E-state index contributed by atoms with van der Waals surface area (Å²) in [5.74, 6) is -0.559. The van der Waals surface area contributed by atoms with E-state index >= 15 is 0 Å². The number of H-pyrrole nitrogens is 1. The van der Waals surface area contributed by atoms with Gasteiger partial charge in [0.2, 0.25) is 0 Å². The first-order chi connectivity index (χ1) is 12.9. The van der Waals surface area contributed by atoms with Crippen molar-refractivity contribution in [1.29, 1.82) is 0 Å². The average Bonchev–Trinajstić information content (AvgIpc) is 2.97. The number of hydrogen-bond acceptors (Lipinski definition) is 6. The van der Waals surface area contributed by atoms with E-state index in [2.05, 4.69) is 15.0 Å². The molecular formula is C18H19N5O4. The molecule has 0 spiro atoms. The number of phenolic OH excluding ortho intramolecular Hbond substituents is 1. The van der Waals surface area contributed by atoms with Crippen LogP contribution < -0.4 is 11.4 Å². The number of imidazole rings is 1. The molecule has 4 rings (SSSR count). The molecule has 9 heteroatoms. The van der Waals surface area contributed by atoms with Crippen LogP contribution in [0, 0.1) is 0 Å². The maximum absolute atomic E-state index is 12.6. The maximum Gasteiger partial charge on any atom is 0.327 e. The average molecular weight is 369 g/mol. The molecule has 0 saturated heterocycles. The number of aromatic amines is 1. The fourth-order valence-corrected chi connectivity index (χ4v) is 3.61. The smallest absolute Gasteiger partial charge is 0.327 e. The SMILES string of the molecule is NC(=O)c1nc(-c2cccc(O)c2)nc2c1[nH]c(=O)n2[C@H]1CC[C@H](O)CC1. The Kier molecular flexibility index (Phi) is 4.15. The van der Waals surface area contributed by atoms with E-state index < -0.39 is 11.6 Å². The number of nitrogens with one attached hydrogen (secondary N) is 1. The van der Waals surface area contributed by atoms with E-state index in [9.17, 15) is 19.8 Å². The lowest BCUT2D eigenvalue weighted by Crippen LogP contribution is -2.27. The topological polar surface area (TPSA) is 147 Å². The molecule has 1 aliphatic carbocycles. The number of rotatable bonds is 3. The second-order valence-electron chi connectivity index (χ2n) is 6.77. The van der Waals surface area contributed by atoms with E-state index in [4.69, 9.17) is 5.73 Å². The van der Waals surface area contributed by atoms with E-state index in [0.717, 1.165) is 0 Å². The highest BCUT2D eigenvalue weighted by atomic mass is 16.3. The number of phenols is 1. The van der Waals surface area contributed by atoms with Gasteiger partial charge in [0.25, 0.3) is 5.91 Å². The van der Waals surface area contributed by atoms with Gasteiger partial charge in [0.05, 0.1) is 6.10 Å². The first kappa shape index (κ1) is 17.2. The summed E-state index contributed by atoms with van der Waals surface area (Å²) >= 11 is 0. The third-order valence-corrected chi connectivity index (χ3v) is 4.94. The fraction of sp³-hybridized carbons (Fsp3) is 0.333. The molecule has 1 aromatic carbocycles. The van der Waals surface area contributed by atoms with Crippen LogP contribution in [0.15, 0.2) is 29.1 Å². The molecule has 2 aromatic heterocycles. The zero-order valence-electron chi connectivity index (χ0n) is 14.4. The summed E-state index contributed by atoms with van der Waals surface area (Å²) in [5, 5.41) is 19.5. The summed E-state index contributed by atoms with van der Waals surface area (Å²) in [4.78, 5) is 35.8. The van der Waals surface area contributed by atoms with Crippen LogP contribution in [0.5, 0.6) is 5.75 Å². The Bertz CT molecular complexity index is 1080. The molecule has 5 N–H and O–H groups in total. The Balaban J connectivity index is 1.93. The Morgan fingerprint density at radius 2 is 1.96 bits per heavy atom. The van der Waals surface area contributed by atoms with E-state index in [1.54, 1.807) is 12.1 Å². The number of benzene rings is 1. The van der Waals surface area contributed by atoms with Gasteiger partial charge in [-0.2, -0.15) is 0 Å². The van der Waals surface area contributed by atoms with E-state index in [1.165, 1.54) is 16.7 Å². The molecule has 1 aliphatic rings. The summed E-state index contributed by atoms with van der Waals surface area (Å²) in [6.45, 7) is 0. The van der Waals surface area contributed by atoms with Gasteiger partial charge in [0.15, 0.2) is 17.2 Å². The number of nitrogens with zero attached hydrogens (tertiary/aromatic N) is 3. The predicted octanol–water partition coefficient (Wildman–Crippen LogP) is 1.07. The highest BCUT2D eigenvalue weighted by molar-refractivity contribution is 6.01. The fourth-order valence-electron chi connectivity index (χ4n) is 3.61. The molecule has 0 unspecified atom stereocenters. The van der Waals surface area contributed by atoms with Gasteiger partial charge in [-0.3, -0.25) is 9.36 Å². The predicted molar refractivity (Wildman–Crippen MR) is 97.3 cm³/mol. The standard InChI is InChI=1S/C18H19N5O4/c19-15(26)13-14-17(22-16(20-13)9-2-1-3-12(25)8-9)23(18(27)21-14)10-4-6-11(24)7-5-10/h1-3,8,10-11,24-25H,4-7H2,(H2,19,26)(H,21,27)/t10-,11-. The molecule has 1 amide bonds. The third kappa shape index (κ3) is 3.06. The molecule has 1 saturated carbocycles. The summed E-state index contributed by atoms with van der Waals surface area (Å²) in [6, 6.07) is 6.17. The zero-order chi connectivity index (χ0) is 19.1. The highest BCUT2D eigenvalue weighted by Crippen LogP contribution is 2.30. The van der Waals surface area contributed by atoms with Crippen molar-refractivity contribution in [2.45, 2.75) is 37.8 Å². The van der Waals surface area contributed by atoms with Crippen molar-refractivity contribution in [2.24, 2.45) is 5.73 Å². The molecule has 0 aliphatic heterocycles. The summed E-state index contributed by atoms with van der Waals surface area (Å²) in [5.41, 5.74) is 5.99. The quantitative estimate of drug-likeness (QED) is 0.543. The molecule has 3 aromatic rings. The minimum Gasteiger partial charge on any atom is -0.508 e. The Morgan fingerprint density at radius 3 is 2.63 bits per heavy atom. The molecule has 2 heterocycles. The Morgan fingerprint density at radius 1 is 1.22 bits per heavy atom. The number of aromatic nitrogens is 4. The minimum absolute atomic E-state index is 0.0320. The van der Waals surface area contributed by atoms with Gasteiger partial charge in [-0.25, -0.2) is 14.8 Å². The second kappa shape index (κ2) is 6.51. The van der Waals surface area contributed by atoms with Crippen molar-refractivity contribution in [3.05, 3.63) is 40.4 Å². The largest absolute Gasteiger partial charge is 0.508 e. The highest BCUT2D eigenvalue weighted by Gasteiger charge is 2.27. The normalized spacial score (nSPS) is 20.0. The summed E-state index contributed by atoms with van der Waals surface area (Å²) < 4.78 is 1.52. The lowest BCUT2D eigenvalue weighted by atomic mass is 9.93. The monoisotopic (exact) mass is 369 g/mol. The molecule has 9 nitrogen and oxygen atoms in total. The number of carbonyl (C=O) groups excluding carboxylic acids is 1. The number of carbonyl (C=O) groups is 1. The third-order valence-electron chi connectivity index (χ3n) is 4.94. The molecule has 27 heavy (non-hydrogen) atoms. The minimum atomic E-state index is -0.781. The molecule has 1 fully saturated rings. The van der Waals surface area contributed by atoms with Crippen LogP contribution in [0.3, 0.4) is 0 Å². The van der Waals surface area contributed by atoms with Crippen LogP contribution >= 0.6 is 0 Å². The molecule has 140 valence electrons. The molecule has 0 bridgehead atoms. The number of aliphatic hydroxyl groups excluding tert-OH is 1. The van der Waals surface area contributed by atoms with Gasteiger partial charge in [0, 0.05) is 11.6 Å². The lowest BCUT2D eigenvalue weighted by Gasteiger charge is -2.26. The Labute approximate surface area is 153 Å². The first-order valence-electron chi connectivity index (χ1n) is 8.73. The number of fused-ring (bicyclic) bond motifs is 1. The summed E-state index contributed by atoms with van der Waals surface area (Å²) in [7, 11) is 0. The van der Waals surface area contributed by atoms with Crippen LogP contribution in [0.2, 0.25) is 0 Å². The van der Waals surface area contributed by atoms with Gasteiger partial charge in [-0.05, 0) is 37.8 Å². The molecule has 0 radical (unpaired) electrons. The van der Waals surface area contributed by atoms with E-state index in [-0.39, 0.29) is 34.9 Å². The van der Waals surface area contributed by atoms with Gasteiger partial charge < -0.3 is 20.9 Å². The molecule has 0 atom stereocenters. The Hall–Kier alpha value is -3.20. The maximum atomic E-state index is 12.6. The summed E-state index contributed by atoms with van der Waals surface area (Å²) in [6.07, 6.45) is 2.09. The van der Waals surface area contributed by atoms with Crippen molar-refractivity contribution >= 4 is 17.1 Å². The number of aromatic hydroxyl groups is 1. The van der Waals surface area contributed by atoms with Gasteiger partial charge in [-0.1, -0.05) is 12.1 Å². The van der Waals surface area contributed by atoms with Crippen LogP contribution in [0.25, 0.3) is 22.6 Å². The molecular weight excluding hydrogens is 350 g/mol. The van der Waals surface area contributed by atoms with Gasteiger partial charge in [0.1, 0.15) is 11.3 Å². The lowest BCUT2D eigenvalue weighted by molar-refractivity contribution is 0.0997. The van der Waals surface area contributed by atoms with Crippen molar-refractivity contribution < 1.29 is 15.0 Å². The van der Waals surface area contributed by atoms with Crippen molar-refractivity contribution in [1.82, 2.24) is 19.5 Å². The van der Waals surface area contributed by atoms with Crippen molar-refractivity contribution in [3.63, 3.8) is 0 Å². The van der Waals surface area contributed by atoms with Crippen molar-refractivity contribution in [2.75, 3.05) is 0 Å². The first-order valence-corrected chi connectivity index (χ1v) is 8.73. The number of nitrogens with two attached hydrogens (primary N) is 1. The van der Waals surface area contributed by atoms with Crippen LogP contribution in [0.1, 0.15) is 42.2 Å². The number of primary amides is 1. The van der Waals surface area contributed by atoms with Crippen LogP contribution in [0.4, 0.5) is 0 Å². The second-order valence-corrected chi connectivity index (χ2v) is 6.77. The van der Waals surface area contributed by atoms with Gasteiger partial charge >= 0.3 is 5.69 Å². The van der Waals surface area contributed by atoms with Crippen LogP contribution in [-0.2, 0) is 0 Å². The zero-order valence-corrected chi connectivity index (χ0v) is 14.4. The van der Waals surface area contributed by atoms with E-state index in [0.29, 0.717) is 36.9 Å². The number of amides is 1.